The SMILES string of the molecule is COc1ccccc1N(C)S(=O)(=O)c1ccc(C(=O)N2CCCC2c2ccc(F)cc2)cc1. The Kier molecular flexibility index (Phi) is 6.37. The van der Waals surface area contributed by atoms with Gasteiger partial charge in [0.05, 0.1) is 23.7 Å². The summed E-state index contributed by atoms with van der Waals surface area (Å²) >= 11 is 0. The van der Waals surface area contributed by atoms with E-state index in [1.165, 1.54) is 50.6 Å². The van der Waals surface area contributed by atoms with Gasteiger partial charge in [-0.05, 0) is 66.9 Å². The molecule has 1 unspecified atom stereocenters. The van der Waals surface area contributed by atoms with Gasteiger partial charge in [0, 0.05) is 19.2 Å². The van der Waals surface area contributed by atoms with Crippen LogP contribution in [0.4, 0.5) is 10.1 Å². The fourth-order valence-electron chi connectivity index (χ4n) is 4.15. The van der Waals surface area contributed by atoms with Gasteiger partial charge >= 0.3 is 0 Å². The van der Waals surface area contributed by atoms with Crippen LogP contribution in [0.2, 0.25) is 0 Å². The molecule has 1 saturated heterocycles. The molecule has 1 atom stereocenters. The Bertz CT molecular complexity index is 1240. The smallest absolute Gasteiger partial charge is 0.264 e. The summed E-state index contributed by atoms with van der Waals surface area (Å²) in [5.41, 5.74) is 1.71. The van der Waals surface area contributed by atoms with Crippen LogP contribution in [0.1, 0.15) is 34.8 Å². The maximum Gasteiger partial charge on any atom is 0.264 e. The van der Waals surface area contributed by atoms with Gasteiger partial charge in [0.1, 0.15) is 11.6 Å². The molecule has 4 rings (SSSR count). The highest BCUT2D eigenvalue weighted by atomic mass is 32.2. The number of sulfonamides is 1. The Labute approximate surface area is 193 Å². The topological polar surface area (TPSA) is 66.9 Å². The number of benzene rings is 3. The largest absolute Gasteiger partial charge is 0.495 e. The first-order chi connectivity index (χ1) is 15.8. The van der Waals surface area contributed by atoms with Crippen molar-refractivity contribution in [3.8, 4) is 5.75 Å². The number of likely N-dealkylation sites (tertiary alicyclic amines) is 1. The molecule has 172 valence electrons. The number of methoxy groups -OCH3 is 1. The highest BCUT2D eigenvalue weighted by Gasteiger charge is 2.31. The number of amides is 1. The monoisotopic (exact) mass is 468 g/mol. The van der Waals surface area contributed by atoms with E-state index in [4.69, 9.17) is 4.74 Å². The lowest BCUT2D eigenvalue weighted by Gasteiger charge is -2.25. The minimum Gasteiger partial charge on any atom is -0.495 e. The van der Waals surface area contributed by atoms with Crippen molar-refractivity contribution in [2.24, 2.45) is 0 Å². The molecule has 0 aromatic heterocycles. The van der Waals surface area contributed by atoms with Crippen LogP contribution in [0.15, 0.2) is 77.7 Å². The van der Waals surface area contributed by atoms with Gasteiger partial charge in [-0.25, -0.2) is 12.8 Å². The third-order valence-electron chi connectivity index (χ3n) is 5.95. The van der Waals surface area contributed by atoms with Crippen molar-refractivity contribution in [3.05, 3.63) is 89.7 Å². The van der Waals surface area contributed by atoms with E-state index in [2.05, 4.69) is 0 Å². The predicted octanol–water partition coefficient (Wildman–Crippen LogP) is 4.64. The minimum absolute atomic E-state index is 0.0731. The van der Waals surface area contributed by atoms with Gasteiger partial charge in [0.2, 0.25) is 0 Å². The Morgan fingerprint density at radius 1 is 1.03 bits per heavy atom. The summed E-state index contributed by atoms with van der Waals surface area (Å²) in [7, 11) is -0.906. The van der Waals surface area contributed by atoms with E-state index in [9.17, 15) is 17.6 Å². The maximum absolute atomic E-state index is 13.3. The number of para-hydroxylation sites is 2. The first-order valence-corrected chi connectivity index (χ1v) is 12.1. The van der Waals surface area contributed by atoms with Crippen LogP contribution in [-0.4, -0.2) is 39.9 Å². The van der Waals surface area contributed by atoms with Crippen LogP contribution in [0.3, 0.4) is 0 Å². The Hall–Kier alpha value is -3.39. The maximum atomic E-state index is 13.3. The van der Waals surface area contributed by atoms with Gasteiger partial charge < -0.3 is 9.64 Å². The zero-order valence-corrected chi connectivity index (χ0v) is 19.3. The molecule has 0 saturated carbocycles. The molecule has 1 heterocycles. The van der Waals surface area contributed by atoms with E-state index in [1.807, 2.05) is 0 Å². The van der Waals surface area contributed by atoms with Crippen LogP contribution in [0, 0.1) is 5.82 Å². The number of carbonyl (C=O) groups excluding carboxylic acids is 1. The molecule has 0 spiro atoms. The van der Waals surface area contributed by atoms with Gasteiger partial charge in [0.15, 0.2) is 0 Å². The third-order valence-corrected chi connectivity index (χ3v) is 7.74. The first-order valence-electron chi connectivity index (χ1n) is 10.6. The molecular weight excluding hydrogens is 443 g/mol. The van der Waals surface area contributed by atoms with Crippen molar-refractivity contribution in [2.75, 3.05) is 25.0 Å². The van der Waals surface area contributed by atoms with Crippen molar-refractivity contribution >= 4 is 21.6 Å². The van der Waals surface area contributed by atoms with Gasteiger partial charge in [-0.2, -0.15) is 0 Å². The van der Waals surface area contributed by atoms with E-state index < -0.39 is 10.0 Å². The number of anilines is 1. The van der Waals surface area contributed by atoms with Crippen LogP contribution in [0.25, 0.3) is 0 Å². The second-order valence-electron chi connectivity index (χ2n) is 7.88. The van der Waals surface area contributed by atoms with E-state index >= 15 is 0 Å². The van der Waals surface area contributed by atoms with E-state index in [-0.39, 0.29) is 22.7 Å². The van der Waals surface area contributed by atoms with Gasteiger partial charge in [-0.3, -0.25) is 9.10 Å². The molecule has 33 heavy (non-hydrogen) atoms. The summed E-state index contributed by atoms with van der Waals surface area (Å²) in [6.45, 7) is 0.595. The second kappa shape index (κ2) is 9.23. The lowest BCUT2D eigenvalue weighted by molar-refractivity contribution is 0.0735. The molecule has 6 nitrogen and oxygen atoms in total. The minimum atomic E-state index is -3.85. The fraction of sp³-hybridized carbons (Fsp3) is 0.240. The van der Waals surface area contributed by atoms with E-state index in [0.29, 0.717) is 23.5 Å². The number of hydrogen-bond donors (Lipinski definition) is 0. The van der Waals surface area contributed by atoms with E-state index in [1.54, 1.807) is 41.3 Å². The average Bonchev–Trinajstić information content (AvgIpc) is 3.33. The number of rotatable bonds is 6. The average molecular weight is 469 g/mol. The molecule has 0 radical (unpaired) electrons. The third kappa shape index (κ3) is 4.43. The van der Waals surface area contributed by atoms with Crippen LogP contribution < -0.4 is 9.04 Å². The number of nitrogens with zero attached hydrogens (tertiary/aromatic N) is 2. The van der Waals surface area contributed by atoms with Crippen molar-refractivity contribution in [1.82, 2.24) is 4.90 Å². The van der Waals surface area contributed by atoms with Crippen molar-refractivity contribution in [3.63, 3.8) is 0 Å². The number of hydrogen-bond acceptors (Lipinski definition) is 4. The standard InChI is InChI=1S/C25H25FN2O4S/c1-27(23-6-3-4-8-24(23)32-2)33(30,31)21-15-11-19(12-16-21)25(29)28-17-5-7-22(28)18-9-13-20(26)14-10-18/h3-4,6,8-16,22H,5,7,17H2,1-2H3. The fourth-order valence-corrected chi connectivity index (χ4v) is 5.36. The number of carbonyl (C=O) groups is 1. The van der Waals surface area contributed by atoms with Gasteiger partial charge in [-0.1, -0.05) is 24.3 Å². The zero-order valence-electron chi connectivity index (χ0n) is 18.4. The first kappa shape index (κ1) is 22.8. The van der Waals surface area contributed by atoms with Crippen LogP contribution in [0.5, 0.6) is 5.75 Å². The summed E-state index contributed by atoms with van der Waals surface area (Å²) < 4.78 is 46.0. The lowest BCUT2D eigenvalue weighted by Crippen LogP contribution is -2.30. The van der Waals surface area contributed by atoms with Crippen LogP contribution >= 0.6 is 0 Å². The predicted molar refractivity (Wildman–Crippen MR) is 124 cm³/mol. The van der Waals surface area contributed by atoms with Gasteiger partial charge in [0.25, 0.3) is 15.9 Å². The summed E-state index contributed by atoms with van der Waals surface area (Å²) in [5, 5.41) is 0. The number of ether oxygens (including phenoxy) is 1. The molecule has 3 aromatic rings. The van der Waals surface area contributed by atoms with Gasteiger partial charge in [-0.15, -0.1) is 0 Å². The normalized spacial score (nSPS) is 16.0. The zero-order chi connectivity index (χ0) is 23.6. The molecule has 0 aliphatic carbocycles. The summed E-state index contributed by atoms with van der Waals surface area (Å²) in [6, 6.07) is 18.9. The summed E-state index contributed by atoms with van der Waals surface area (Å²) in [5.74, 6) is -0.0513. The quantitative estimate of drug-likeness (QED) is 0.529. The molecule has 0 N–H and O–H groups in total. The van der Waals surface area contributed by atoms with Crippen LogP contribution in [-0.2, 0) is 10.0 Å². The molecular formula is C25H25FN2O4S. The Morgan fingerprint density at radius 2 is 1.70 bits per heavy atom. The van der Waals surface area contributed by atoms with E-state index in [0.717, 1.165) is 22.7 Å². The molecule has 1 amide bonds. The highest BCUT2D eigenvalue weighted by Crippen LogP contribution is 2.34. The Morgan fingerprint density at radius 3 is 2.36 bits per heavy atom. The number of halogens is 1. The molecule has 3 aromatic carbocycles. The molecule has 1 aliphatic rings. The van der Waals surface area contributed by atoms with Crippen molar-refractivity contribution in [2.45, 2.75) is 23.8 Å². The molecule has 0 bridgehead atoms. The van der Waals surface area contributed by atoms with Crippen molar-refractivity contribution in [1.29, 1.82) is 0 Å². The van der Waals surface area contributed by atoms with Crippen molar-refractivity contribution < 1.29 is 22.3 Å². The summed E-state index contributed by atoms with van der Waals surface area (Å²) in [4.78, 5) is 15.0. The molecule has 8 heteroatoms. The summed E-state index contributed by atoms with van der Waals surface area (Å²) in [6.07, 6.45) is 1.65. The molecule has 1 aliphatic heterocycles. The lowest BCUT2D eigenvalue weighted by atomic mass is 10.0. The second-order valence-corrected chi connectivity index (χ2v) is 9.85. The molecule has 1 fully saturated rings. The Balaban J connectivity index is 1.56. The highest BCUT2D eigenvalue weighted by molar-refractivity contribution is 7.92.